The Labute approximate surface area is 202 Å². The zero-order valence-electron chi connectivity index (χ0n) is 18.5. The molecule has 0 bridgehead atoms. The largest absolute Gasteiger partial charge is 0.364 e. The van der Waals surface area contributed by atoms with E-state index < -0.39 is 0 Å². The molecule has 168 valence electrons. The molecule has 8 heteroatoms. The van der Waals surface area contributed by atoms with Gasteiger partial charge in [0.1, 0.15) is 5.76 Å². The van der Waals surface area contributed by atoms with Crippen LogP contribution < -0.4 is 10.2 Å². The molecule has 1 N–H and O–H groups in total. The molecule has 1 aromatic heterocycles. The second-order valence-corrected chi connectivity index (χ2v) is 7.91. The molecule has 4 rings (SSSR count). The van der Waals surface area contributed by atoms with Crippen molar-refractivity contribution in [2.24, 2.45) is 4.99 Å². The molecule has 7 nitrogen and oxygen atoms in total. The van der Waals surface area contributed by atoms with E-state index in [0.717, 1.165) is 69.8 Å². The summed E-state index contributed by atoms with van der Waals surface area (Å²) in [5.74, 6) is 1.87. The lowest BCUT2D eigenvalue weighted by molar-refractivity contribution is 0.169. The molecule has 0 aliphatic carbocycles. The summed E-state index contributed by atoms with van der Waals surface area (Å²) in [5.41, 5.74) is 3.52. The molecule has 3 heterocycles. The number of rotatable bonds is 6. The predicted molar refractivity (Wildman–Crippen MR) is 136 cm³/mol. The fraction of sp³-hybridized carbons (Fsp3) is 0.478. The van der Waals surface area contributed by atoms with Crippen molar-refractivity contribution >= 4 is 35.6 Å². The van der Waals surface area contributed by atoms with Crippen LogP contribution in [0, 0.1) is 6.92 Å². The second kappa shape index (κ2) is 11.5. The van der Waals surface area contributed by atoms with Gasteiger partial charge in [-0.25, -0.2) is 4.99 Å². The van der Waals surface area contributed by atoms with Crippen LogP contribution >= 0.6 is 24.0 Å². The van der Waals surface area contributed by atoms with Gasteiger partial charge in [0.15, 0.2) is 5.96 Å². The third-order valence-electron chi connectivity index (χ3n) is 5.60. The molecule has 2 aliphatic heterocycles. The summed E-state index contributed by atoms with van der Waals surface area (Å²) in [4.78, 5) is 12.0. The van der Waals surface area contributed by atoms with E-state index in [4.69, 9.17) is 9.52 Å². The van der Waals surface area contributed by atoms with Gasteiger partial charge >= 0.3 is 0 Å². The van der Waals surface area contributed by atoms with Crippen LogP contribution in [0.3, 0.4) is 0 Å². The monoisotopic (exact) mass is 536 g/mol. The Kier molecular flexibility index (Phi) is 8.77. The summed E-state index contributed by atoms with van der Waals surface area (Å²) in [7, 11) is 0. The SMILES string of the molecule is CCNC(=NCc1ccc(N2CC=CC2)cc1)N1CCN(Cc2cc(C)on2)CC1.I. The van der Waals surface area contributed by atoms with Gasteiger partial charge in [-0.1, -0.05) is 29.4 Å². The van der Waals surface area contributed by atoms with Gasteiger partial charge < -0.3 is 19.6 Å². The van der Waals surface area contributed by atoms with E-state index >= 15 is 0 Å². The van der Waals surface area contributed by atoms with E-state index in [-0.39, 0.29) is 24.0 Å². The number of nitrogens with one attached hydrogen (secondary N) is 1. The Morgan fingerprint density at radius 3 is 2.42 bits per heavy atom. The average molecular weight is 536 g/mol. The fourth-order valence-corrected chi connectivity index (χ4v) is 3.93. The number of aromatic nitrogens is 1. The molecule has 0 saturated carbocycles. The van der Waals surface area contributed by atoms with E-state index in [1.807, 2.05) is 13.0 Å². The molecule has 0 unspecified atom stereocenters. The molecular weight excluding hydrogens is 503 g/mol. The number of aryl methyl sites for hydroxylation is 1. The number of guanidine groups is 1. The normalized spacial score (nSPS) is 17.2. The first kappa shape index (κ1) is 23.6. The van der Waals surface area contributed by atoms with Gasteiger partial charge in [-0.05, 0) is 31.5 Å². The van der Waals surface area contributed by atoms with E-state index in [1.165, 1.54) is 11.3 Å². The van der Waals surface area contributed by atoms with Gasteiger partial charge in [0.25, 0.3) is 0 Å². The van der Waals surface area contributed by atoms with Crippen molar-refractivity contribution < 1.29 is 4.52 Å². The summed E-state index contributed by atoms with van der Waals surface area (Å²) >= 11 is 0. The smallest absolute Gasteiger partial charge is 0.194 e. The van der Waals surface area contributed by atoms with Gasteiger partial charge in [-0.3, -0.25) is 4.90 Å². The number of nitrogens with zero attached hydrogens (tertiary/aromatic N) is 5. The highest BCUT2D eigenvalue weighted by Gasteiger charge is 2.20. The molecule has 2 aromatic rings. The Bertz CT molecular complexity index is 862. The summed E-state index contributed by atoms with van der Waals surface area (Å²) < 4.78 is 5.19. The molecule has 1 fully saturated rings. The Morgan fingerprint density at radius 2 is 1.81 bits per heavy atom. The number of hydrogen-bond acceptors (Lipinski definition) is 5. The fourth-order valence-electron chi connectivity index (χ4n) is 3.93. The number of halogens is 1. The molecule has 0 atom stereocenters. The van der Waals surface area contributed by atoms with Crippen LogP contribution in [0.2, 0.25) is 0 Å². The van der Waals surface area contributed by atoms with E-state index in [0.29, 0.717) is 6.54 Å². The highest BCUT2D eigenvalue weighted by Crippen LogP contribution is 2.18. The van der Waals surface area contributed by atoms with Crippen LogP contribution in [0.25, 0.3) is 0 Å². The van der Waals surface area contributed by atoms with Gasteiger partial charge in [0.05, 0.1) is 12.2 Å². The molecular formula is C23H33IN6O. The first-order valence-corrected chi connectivity index (χ1v) is 10.9. The number of piperazine rings is 1. The minimum atomic E-state index is 0. The Balaban J connectivity index is 0.00000272. The molecule has 1 aromatic carbocycles. The lowest BCUT2D eigenvalue weighted by atomic mass is 10.2. The molecule has 31 heavy (non-hydrogen) atoms. The lowest BCUT2D eigenvalue weighted by Crippen LogP contribution is -2.52. The lowest BCUT2D eigenvalue weighted by Gasteiger charge is -2.36. The Morgan fingerprint density at radius 1 is 1.10 bits per heavy atom. The van der Waals surface area contributed by atoms with Crippen molar-refractivity contribution in [2.45, 2.75) is 26.9 Å². The standard InChI is InChI=1S/C23H32N6O.HI/c1-3-24-23(25-17-20-6-8-22(9-7-20)28-10-4-5-11-28)29-14-12-27(13-15-29)18-21-16-19(2)30-26-21;/h4-9,16H,3,10-15,17-18H2,1-2H3,(H,24,25);1H. The molecule has 1 saturated heterocycles. The minimum absolute atomic E-state index is 0. The van der Waals surface area contributed by atoms with Crippen LogP contribution in [0.1, 0.15) is 23.9 Å². The maximum atomic E-state index is 5.19. The van der Waals surface area contributed by atoms with Crippen molar-refractivity contribution in [3.05, 3.63) is 59.5 Å². The molecule has 0 spiro atoms. The summed E-state index contributed by atoms with van der Waals surface area (Å²) in [6, 6.07) is 10.8. The minimum Gasteiger partial charge on any atom is -0.364 e. The van der Waals surface area contributed by atoms with Crippen LogP contribution in [-0.2, 0) is 13.1 Å². The predicted octanol–water partition coefficient (Wildman–Crippen LogP) is 3.26. The van der Waals surface area contributed by atoms with Crippen LogP contribution in [0.5, 0.6) is 0 Å². The van der Waals surface area contributed by atoms with Crippen molar-refractivity contribution in [1.82, 2.24) is 20.3 Å². The highest BCUT2D eigenvalue weighted by molar-refractivity contribution is 14.0. The number of benzene rings is 1. The van der Waals surface area contributed by atoms with E-state index in [1.54, 1.807) is 0 Å². The van der Waals surface area contributed by atoms with Gasteiger partial charge in [0.2, 0.25) is 0 Å². The maximum Gasteiger partial charge on any atom is 0.194 e. The summed E-state index contributed by atoms with van der Waals surface area (Å²) in [6.07, 6.45) is 4.43. The summed E-state index contributed by atoms with van der Waals surface area (Å²) in [6.45, 7) is 12.4. The molecule has 0 radical (unpaired) electrons. The Hall–Kier alpha value is -2.07. The zero-order chi connectivity index (χ0) is 20.8. The quantitative estimate of drug-likeness (QED) is 0.265. The van der Waals surface area contributed by atoms with Gasteiger partial charge in [0, 0.05) is 64.1 Å². The zero-order valence-corrected chi connectivity index (χ0v) is 20.8. The van der Waals surface area contributed by atoms with Crippen molar-refractivity contribution in [2.75, 3.05) is 50.7 Å². The third-order valence-corrected chi connectivity index (χ3v) is 5.60. The van der Waals surface area contributed by atoms with Crippen LogP contribution in [0.4, 0.5) is 5.69 Å². The summed E-state index contributed by atoms with van der Waals surface area (Å²) in [5, 5.41) is 7.58. The maximum absolute atomic E-state index is 5.19. The topological polar surface area (TPSA) is 60.1 Å². The number of aliphatic imine (C=N–C) groups is 1. The van der Waals surface area contributed by atoms with Gasteiger partial charge in [-0.15, -0.1) is 24.0 Å². The highest BCUT2D eigenvalue weighted by atomic mass is 127. The number of anilines is 1. The van der Waals surface area contributed by atoms with Crippen LogP contribution in [-0.4, -0.2) is 66.7 Å². The number of hydrogen-bond donors (Lipinski definition) is 1. The third kappa shape index (κ3) is 6.46. The van der Waals surface area contributed by atoms with Crippen LogP contribution in [0.15, 0.2) is 52.0 Å². The first-order chi connectivity index (χ1) is 14.7. The van der Waals surface area contributed by atoms with Crippen molar-refractivity contribution in [1.29, 1.82) is 0 Å². The molecule has 2 aliphatic rings. The second-order valence-electron chi connectivity index (χ2n) is 7.91. The molecule has 0 amide bonds. The van der Waals surface area contributed by atoms with E-state index in [9.17, 15) is 0 Å². The van der Waals surface area contributed by atoms with Gasteiger partial charge in [-0.2, -0.15) is 0 Å². The van der Waals surface area contributed by atoms with Crippen molar-refractivity contribution in [3.8, 4) is 0 Å². The van der Waals surface area contributed by atoms with Crippen molar-refractivity contribution in [3.63, 3.8) is 0 Å². The first-order valence-electron chi connectivity index (χ1n) is 10.9. The van der Waals surface area contributed by atoms with E-state index in [2.05, 4.69) is 68.5 Å². The average Bonchev–Trinajstić information content (AvgIpc) is 3.44.